The van der Waals surface area contributed by atoms with Crippen molar-refractivity contribution >= 4 is 23.1 Å². The Balaban J connectivity index is 1.25. The van der Waals surface area contributed by atoms with Crippen LogP contribution in [0.3, 0.4) is 0 Å². The second-order valence-corrected chi connectivity index (χ2v) is 8.78. The number of allylic oxidation sites excluding steroid dienone is 1. The first-order chi connectivity index (χ1) is 15.1. The third kappa shape index (κ3) is 5.77. The van der Waals surface area contributed by atoms with Crippen molar-refractivity contribution in [3.63, 3.8) is 0 Å². The van der Waals surface area contributed by atoms with Gasteiger partial charge in [0.1, 0.15) is 12.4 Å². The zero-order valence-corrected chi connectivity index (χ0v) is 18.7. The van der Waals surface area contributed by atoms with Crippen LogP contribution in [0.1, 0.15) is 36.4 Å². The zero-order chi connectivity index (χ0) is 21.6. The number of morpholine rings is 1. The molecule has 166 valence electrons. The minimum atomic E-state index is -0.307. The first-order valence-electron chi connectivity index (χ1n) is 10.7. The van der Waals surface area contributed by atoms with Gasteiger partial charge in [0.15, 0.2) is 0 Å². The molecule has 1 amide bonds. The number of benzene rings is 1. The molecule has 2 aliphatic heterocycles. The second-order valence-electron chi connectivity index (χ2n) is 7.89. The van der Waals surface area contributed by atoms with Gasteiger partial charge in [-0.3, -0.25) is 0 Å². The predicted molar refractivity (Wildman–Crippen MR) is 121 cm³/mol. The van der Waals surface area contributed by atoms with E-state index in [0.29, 0.717) is 31.4 Å². The molecule has 1 aromatic heterocycles. The van der Waals surface area contributed by atoms with E-state index in [2.05, 4.69) is 29.0 Å². The number of rotatable bonds is 6. The third-order valence-electron chi connectivity index (χ3n) is 5.53. The molecule has 2 aromatic rings. The van der Waals surface area contributed by atoms with Crippen LogP contribution in [0.5, 0.6) is 5.75 Å². The normalized spacial score (nSPS) is 17.5. The van der Waals surface area contributed by atoms with Crippen molar-refractivity contribution in [2.24, 2.45) is 0 Å². The monoisotopic (exact) mass is 443 g/mol. The summed E-state index contributed by atoms with van der Waals surface area (Å²) in [4.78, 5) is 20.8. The summed E-state index contributed by atoms with van der Waals surface area (Å²) < 4.78 is 16.5. The average molecular weight is 444 g/mol. The molecule has 7 nitrogen and oxygen atoms in total. The van der Waals surface area contributed by atoms with Gasteiger partial charge >= 0.3 is 6.09 Å². The van der Waals surface area contributed by atoms with E-state index in [-0.39, 0.29) is 6.09 Å². The van der Waals surface area contributed by atoms with Crippen molar-refractivity contribution in [2.75, 3.05) is 44.3 Å². The molecule has 4 rings (SSSR count). The lowest BCUT2D eigenvalue weighted by molar-refractivity contribution is 0.117. The van der Waals surface area contributed by atoms with Crippen LogP contribution in [0.2, 0.25) is 0 Å². The lowest BCUT2D eigenvalue weighted by Gasteiger charge is -2.30. The van der Waals surface area contributed by atoms with Crippen molar-refractivity contribution in [2.45, 2.75) is 32.3 Å². The Hall–Kier alpha value is -2.58. The molecule has 0 aliphatic carbocycles. The number of carbonyl (C=O) groups excluding carboxylic acids is 1. The first-order valence-corrected chi connectivity index (χ1v) is 11.6. The fourth-order valence-electron chi connectivity index (χ4n) is 3.83. The van der Waals surface area contributed by atoms with Gasteiger partial charge in [0.25, 0.3) is 0 Å². The van der Waals surface area contributed by atoms with Crippen molar-refractivity contribution < 1.29 is 19.0 Å². The van der Waals surface area contributed by atoms with Crippen LogP contribution in [0, 0.1) is 0 Å². The molecule has 0 spiro atoms. The van der Waals surface area contributed by atoms with E-state index in [1.54, 1.807) is 23.2 Å². The second kappa shape index (κ2) is 10.2. The number of nitrogens with zero attached hydrogens (tertiary/aromatic N) is 3. The van der Waals surface area contributed by atoms with E-state index in [0.717, 1.165) is 55.6 Å². The molecule has 0 saturated carbocycles. The molecule has 0 atom stereocenters. The Labute approximate surface area is 187 Å². The Morgan fingerprint density at radius 1 is 1.19 bits per heavy atom. The molecule has 0 N–H and O–H groups in total. The van der Waals surface area contributed by atoms with Gasteiger partial charge in [-0.2, -0.15) is 0 Å². The maximum Gasteiger partial charge on any atom is 0.414 e. The fourth-order valence-corrected chi connectivity index (χ4v) is 4.81. The van der Waals surface area contributed by atoms with Gasteiger partial charge in [-0.05, 0) is 44.0 Å². The third-order valence-corrected chi connectivity index (χ3v) is 6.59. The van der Waals surface area contributed by atoms with Gasteiger partial charge in [-0.15, -0.1) is 11.3 Å². The zero-order valence-electron chi connectivity index (χ0n) is 17.9. The maximum atomic E-state index is 12.0. The van der Waals surface area contributed by atoms with Crippen molar-refractivity contribution in [1.82, 2.24) is 9.88 Å². The molecular weight excluding hydrogens is 414 g/mol. The van der Waals surface area contributed by atoms with Gasteiger partial charge < -0.3 is 24.0 Å². The number of piperidine rings is 1. The van der Waals surface area contributed by atoms with Crippen LogP contribution in [0.25, 0.3) is 0 Å². The fraction of sp³-hybridized carbons (Fsp3) is 0.478. The molecule has 0 unspecified atom stereocenters. The van der Waals surface area contributed by atoms with Gasteiger partial charge in [-0.25, -0.2) is 9.78 Å². The number of anilines is 1. The van der Waals surface area contributed by atoms with Gasteiger partial charge in [0.2, 0.25) is 0 Å². The highest BCUT2D eigenvalue weighted by Crippen LogP contribution is 2.31. The van der Waals surface area contributed by atoms with Crippen molar-refractivity contribution in [1.29, 1.82) is 0 Å². The lowest BCUT2D eigenvalue weighted by atomic mass is 9.98. The summed E-state index contributed by atoms with van der Waals surface area (Å²) in [6.07, 6.45) is 1.48. The van der Waals surface area contributed by atoms with E-state index < -0.39 is 0 Å². The molecule has 8 heteroatoms. The number of amides is 1. The summed E-state index contributed by atoms with van der Waals surface area (Å²) in [5.74, 6) is 1.64. The number of ether oxygens (including phenoxy) is 3. The number of thiazole rings is 1. The van der Waals surface area contributed by atoms with Crippen LogP contribution in [-0.4, -0.2) is 55.4 Å². The van der Waals surface area contributed by atoms with Crippen LogP contribution in [0.15, 0.2) is 42.0 Å². The number of hydrogen-bond donors (Lipinski definition) is 0. The van der Waals surface area contributed by atoms with Gasteiger partial charge in [0.05, 0.1) is 29.7 Å². The molecule has 31 heavy (non-hydrogen) atoms. The average Bonchev–Trinajstić information content (AvgIpc) is 3.27. The highest BCUT2D eigenvalue weighted by Gasteiger charge is 2.26. The Morgan fingerprint density at radius 2 is 1.90 bits per heavy atom. The molecular formula is C23H29N3O4S. The number of carbonyl (C=O) groups is 1. The first kappa shape index (κ1) is 21.6. The predicted octanol–water partition coefficient (Wildman–Crippen LogP) is 4.41. The summed E-state index contributed by atoms with van der Waals surface area (Å²) in [6, 6.07) is 8.22. The Kier molecular flexibility index (Phi) is 7.09. The highest BCUT2D eigenvalue weighted by molar-refractivity contribution is 7.09. The van der Waals surface area contributed by atoms with Gasteiger partial charge in [0, 0.05) is 43.2 Å². The largest absolute Gasteiger partial charge is 0.487 e. The van der Waals surface area contributed by atoms with Crippen molar-refractivity contribution in [3.05, 3.63) is 52.7 Å². The van der Waals surface area contributed by atoms with E-state index in [4.69, 9.17) is 19.2 Å². The SMILES string of the molecule is C=C(C)OC(=O)N1CCC(c2nc(COc3ccc(N4CCOCC4)cc3)cs2)CC1. The quantitative estimate of drug-likeness (QED) is 0.617. The minimum Gasteiger partial charge on any atom is -0.487 e. The van der Waals surface area contributed by atoms with E-state index in [9.17, 15) is 4.79 Å². The maximum absolute atomic E-state index is 12.0. The Morgan fingerprint density at radius 3 is 2.58 bits per heavy atom. The summed E-state index contributed by atoms with van der Waals surface area (Å²) >= 11 is 1.67. The van der Waals surface area contributed by atoms with Crippen molar-refractivity contribution in [3.8, 4) is 5.75 Å². The molecule has 2 fully saturated rings. The molecule has 1 aromatic carbocycles. The highest BCUT2D eigenvalue weighted by atomic mass is 32.1. The van der Waals surface area contributed by atoms with Crippen LogP contribution in [0.4, 0.5) is 10.5 Å². The van der Waals surface area contributed by atoms with E-state index >= 15 is 0 Å². The van der Waals surface area contributed by atoms with Crippen LogP contribution in [-0.2, 0) is 16.1 Å². The Bertz CT molecular complexity index is 884. The van der Waals surface area contributed by atoms with E-state index in [1.165, 1.54) is 5.69 Å². The number of likely N-dealkylation sites (tertiary alicyclic amines) is 1. The van der Waals surface area contributed by atoms with E-state index in [1.807, 2.05) is 12.1 Å². The molecule has 2 saturated heterocycles. The summed E-state index contributed by atoms with van der Waals surface area (Å²) in [7, 11) is 0. The summed E-state index contributed by atoms with van der Waals surface area (Å²) in [5, 5.41) is 3.19. The van der Waals surface area contributed by atoms with Crippen LogP contribution < -0.4 is 9.64 Å². The smallest absolute Gasteiger partial charge is 0.414 e. The summed E-state index contributed by atoms with van der Waals surface area (Å²) in [6.45, 7) is 10.5. The summed E-state index contributed by atoms with van der Waals surface area (Å²) in [5.41, 5.74) is 2.14. The topological polar surface area (TPSA) is 64.1 Å². The molecule has 3 heterocycles. The van der Waals surface area contributed by atoms with Crippen LogP contribution >= 0.6 is 11.3 Å². The molecule has 0 radical (unpaired) electrons. The standard InChI is InChI=1S/C23H29N3O4S/c1-17(2)30-23(27)26-9-7-18(8-10-26)22-24-19(16-31-22)15-29-21-5-3-20(4-6-21)25-11-13-28-14-12-25/h3-6,16,18H,1,7-15H2,2H3. The number of hydrogen-bond acceptors (Lipinski definition) is 7. The lowest BCUT2D eigenvalue weighted by Crippen LogP contribution is -2.38. The molecule has 0 bridgehead atoms. The number of aromatic nitrogens is 1. The van der Waals surface area contributed by atoms with Gasteiger partial charge in [-0.1, -0.05) is 6.58 Å². The molecule has 2 aliphatic rings. The minimum absolute atomic E-state index is 0.307.